The van der Waals surface area contributed by atoms with Crippen LogP contribution in [0.3, 0.4) is 0 Å². The Morgan fingerprint density at radius 1 is 1.27 bits per heavy atom. The summed E-state index contributed by atoms with van der Waals surface area (Å²) in [6.45, 7) is 2.17. The van der Waals surface area contributed by atoms with Gasteiger partial charge < -0.3 is 24.0 Å². The molecule has 4 heterocycles. The summed E-state index contributed by atoms with van der Waals surface area (Å²) in [5.74, 6) is 1.82. The summed E-state index contributed by atoms with van der Waals surface area (Å²) < 4.78 is 42.8. The number of methoxy groups -OCH3 is 1. The molecule has 10 heteroatoms. The van der Waals surface area contributed by atoms with Crippen LogP contribution in [0.15, 0.2) is 30.5 Å². The molecule has 0 aliphatic carbocycles. The third-order valence-electron chi connectivity index (χ3n) is 6.28. The Labute approximate surface area is 194 Å². The van der Waals surface area contributed by atoms with Gasteiger partial charge in [0.2, 0.25) is 11.8 Å². The monoisotopic (exact) mass is 475 g/mol. The van der Waals surface area contributed by atoms with Crippen LogP contribution in [-0.2, 0) is 15.6 Å². The summed E-state index contributed by atoms with van der Waals surface area (Å²) in [7, 11) is 0.512. The van der Waals surface area contributed by atoms with Gasteiger partial charge in [0.1, 0.15) is 24.2 Å². The van der Waals surface area contributed by atoms with Crippen molar-refractivity contribution >= 4 is 28.1 Å². The first kappa shape index (κ1) is 21.9. The fourth-order valence-corrected chi connectivity index (χ4v) is 6.06. The molecule has 1 amide bonds. The lowest BCUT2D eigenvalue weighted by Crippen LogP contribution is -2.36. The number of likely N-dealkylation sites (tertiary alicyclic amines) is 1. The maximum atomic E-state index is 14.2. The summed E-state index contributed by atoms with van der Waals surface area (Å²) in [6, 6.07) is 6.96. The van der Waals surface area contributed by atoms with E-state index in [1.165, 1.54) is 13.2 Å². The maximum Gasteiger partial charge on any atom is 0.250 e. The molecule has 2 aromatic rings. The van der Waals surface area contributed by atoms with E-state index in [1.807, 2.05) is 28.0 Å². The van der Waals surface area contributed by atoms with Crippen LogP contribution in [0.2, 0.25) is 0 Å². The van der Waals surface area contributed by atoms with Gasteiger partial charge in [-0.2, -0.15) is 0 Å². The number of halogens is 1. The van der Waals surface area contributed by atoms with Crippen molar-refractivity contribution < 1.29 is 27.6 Å². The Morgan fingerprint density at radius 3 is 2.91 bits per heavy atom. The van der Waals surface area contributed by atoms with E-state index in [4.69, 9.17) is 14.2 Å². The molecule has 0 N–H and O–H groups in total. The van der Waals surface area contributed by atoms with Gasteiger partial charge in [-0.25, -0.2) is 9.37 Å². The van der Waals surface area contributed by atoms with Crippen LogP contribution >= 0.6 is 0 Å². The number of benzene rings is 1. The van der Waals surface area contributed by atoms with Crippen molar-refractivity contribution in [1.29, 1.82) is 0 Å². The van der Waals surface area contributed by atoms with Crippen molar-refractivity contribution in [1.82, 2.24) is 9.88 Å². The molecule has 3 aliphatic heterocycles. The Hall–Kier alpha value is -2.88. The van der Waals surface area contributed by atoms with Gasteiger partial charge in [0.15, 0.2) is 5.82 Å². The van der Waals surface area contributed by atoms with Crippen LogP contribution in [-0.4, -0.2) is 71.0 Å². The number of hydrogen-bond donors (Lipinski definition) is 0. The van der Waals surface area contributed by atoms with Crippen molar-refractivity contribution in [2.24, 2.45) is 5.92 Å². The van der Waals surface area contributed by atoms with Crippen LogP contribution in [0.1, 0.15) is 12.8 Å². The quantitative estimate of drug-likeness (QED) is 0.657. The molecule has 0 spiro atoms. The number of anilines is 2. The van der Waals surface area contributed by atoms with Crippen LogP contribution in [0.25, 0.3) is 0 Å². The van der Waals surface area contributed by atoms with Crippen molar-refractivity contribution in [2.75, 3.05) is 49.8 Å². The third-order valence-corrected chi connectivity index (χ3v) is 7.75. The van der Waals surface area contributed by atoms with Crippen molar-refractivity contribution in [3.8, 4) is 17.4 Å². The smallest absolute Gasteiger partial charge is 0.250 e. The SMILES string of the molecule is COc1ncc(N2CCOc3ccc(O[C@H]4CCN(C(=O)C5CCS(=O)C5)C4)cc32)cc1F. The zero-order valence-electron chi connectivity index (χ0n) is 18.4. The Balaban J connectivity index is 1.29. The second kappa shape index (κ2) is 9.17. The standard InChI is InChI=1S/C23H26FN3O5S/c1-30-22-19(24)10-16(12-25-22)27-7-8-31-21-3-2-17(11-20(21)27)32-18-4-6-26(13-18)23(28)15-5-9-33(29)14-15/h2-3,10-12,15,18H,4-9,13-14H2,1H3/t15?,18-,33?/m0/s1. The van der Waals surface area contributed by atoms with E-state index in [0.29, 0.717) is 61.4 Å². The minimum absolute atomic E-state index is 0.0477. The summed E-state index contributed by atoms with van der Waals surface area (Å²) in [4.78, 5) is 20.5. The lowest BCUT2D eigenvalue weighted by atomic mass is 10.1. The first-order valence-electron chi connectivity index (χ1n) is 11.1. The summed E-state index contributed by atoms with van der Waals surface area (Å²) >= 11 is 0. The van der Waals surface area contributed by atoms with Gasteiger partial charge in [-0.05, 0) is 18.6 Å². The predicted octanol–water partition coefficient (Wildman–Crippen LogP) is 2.51. The second-order valence-electron chi connectivity index (χ2n) is 8.42. The van der Waals surface area contributed by atoms with E-state index in [2.05, 4.69) is 4.98 Å². The molecule has 0 saturated carbocycles. The molecule has 0 bridgehead atoms. The Morgan fingerprint density at radius 2 is 2.15 bits per heavy atom. The van der Waals surface area contributed by atoms with Gasteiger partial charge in [0.25, 0.3) is 0 Å². The van der Waals surface area contributed by atoms with E-state index in [0.717, 1.165) is 12.1 Å². The highest BCUT2D eigenvalue weighted by atomic mass is 32.2. The molecule has 5 rings (SSSR count). The van der Waals surface area contributed by atoms with E-state index >= 15 is 0 Å². The highest BCUT2D eigenvalue weighted by Gasteiger charge is 2.35. The fraction of sp³-hybridized carbons (Fsp3) is 0.478. The number of pyridine rings is 1. The van der Waals surface area contributed by atoms with Crippen molar-refractivity contribution in [3.05, 3.63) is 36.3 Å². The predicted molar refractivity (Wildman–Crippen MR) is 121 cm³/mol. The average molecular weight is 476 g/mol. The number of fused-ring (bicyclic) bond motifs is 1. The molecule has 176 valence electrons. The highest BCUT2D eigenvalue weighted by Crippen LogP contribution is 2.40. The minimum atomic E-state index is -0.868. The summed E-state index contributed by atoms with van der Waals surface area (Å²) in [5, 5.41) is 0. The number of rotatable bonds is 5. The lowest BCUT2D eigenvalue weighted by Gasteiger charge is -2.31. The zero-order valence-corrected chi connectivity index (χ0v) is 19.2. The largest absolute Gasteiger partial charge is 0.490 e. The molecule has 0 radical (unpaired) electrons. The first-order chi connectivity index (χ1) is 16.0. The second-order valence-corrected chi connectivity index (χ2v) is 10.0. The molecule has 1 aromatic carbocycles. The first-order valence-corrected chi connectivity index (χ1v) is 12.5. The van der Waals surface area contributed by atoms with Gasteiger partial charge >= 0.3 is 0 Å². The van der Waals surface area contributed by atoms with E-state index in [-0.39, 0.29) is 23.8 Å². The van der Waals surface area contributed by atoms with Gasteiger partial charge in [-0.1, -0.05) is 0 Å². The lowest BCUT2D eigenvalue weighted by molar-refractivity contribution is -0.133. The van der Waals surface area contributed by atoms with Crippen LogP contribution < -0.4 is 19.1 Å². The number of aromatic nitrogens is 1. The maximum absolute atomic E-state index is 14.2. The molecule has 2 unspecified atom stereocenters. The van der Waals surface area contributed by atoms with Gasteiger partial charge in [-0.3, -0.25) is 9.00 Å². The van der Waals surface area contributed by atoms with E-state index in [9.17, 15) is 13.4 Å². The minimum Gasteiger partial charge on any atom is -0.490 e. The zero-order chi connectivity index (χ0) is 22.9. The molecule has 3 aliphatic rings. The van der Waals surface area contributed by atoms with Crippen LogP contribution in [0.5, 0.6) is 17.4 Å². The third kappa shape index (κ3) is 4.48. The molecular formula is C23H26FN3O5S. The normalized spacial score (nSPS) is 24.4. The molecular weight excluding hydrogens is 449 g/mol. The number of amides is 1. The van der Waals surface area contributed by atoms with E-state index < -0.39 is 16.6 Å². The molecule has 3 atom stereocenters. The number of carbonyl (C=O) groups is 1. The summed E-state index contributed by atoms with van der Waals surface area (Å²) in [5.41, 5.74) is 1.37. The number of nitrogens with zero attached hydrogens (tertiary/aromatic N) is 3. The number of ether oxygens (including phenoxy) is 3. The average Bonchev–Trinajstić information content (AvgIpc) is 3.47. The highest BCUT2D eigenvalue weighted by molar-refractivity contribution is 7.85. The van der Waals surface area contributed by atoms with Crippen LogP contribution in [0.4, 0.5) is 15.8 Å². The fourth-order valence-electron chi connectivity index (χ4n) is 4.59. The Kier molecular flexibility index (Phi) is 6.09. The van der Waals surface area contributed by atoms with Crippen LogP contribution in [0, 0.1) is 11.7 Å². The molecule has 2 saturated heterocycles. The topological polar surface area (TPSA) is 81.2 Å². The number of carbonyl (C=O) groups excluding carboxylic acids is 1. The van der Waals surface area contributed by atoms with Gasteiger partial charge in [0.05, 0.1) is 43.7 Å². The molecule has 33 heavy (non-hydrogen) atoms. The van der Waals surface area contributed by atoms with Crippen molar-refractivity contribution in [3.63, 3.8) is 0 Å². The van der Waals surface area contributed by atoms with Gasteiger partial charge in [0, 0.05) is 47.4 Å². The number of hydrogen-bond acceptors (Lipinski definition) is 7. The van der Waals surface area contributed by atoms with E-state index in [1.54, 1.807) is 6.20 Å². The summed E-state index contributed by atoms with van der Waals surface area (Å²) in [6.07, 6.45) is 2.90. The van der Waals surface area contributed by atoms with Crippen molar-refractivity contribution in [2.45, 2.75) is 18.9 Å². The molecule has 1 aromatic heterocycles. The Bertz CT molecular complexity index is 1080. The molecule has 2 fully saturated rings. The van der Waals surface area contributed by atoms with Gasteiger partial charge in [-0.15, -0.1) is 0 Å². The molecule has 8 nitrogen and oxygen atoms in total.